The molecule has 20 heavy (non-hydrogen) atoms. The molecule has 1 N–H and O–H groups in total. The van der Waals surface area contributed by atoms with E-state index in [-0.39, 0.29) is 11.3 Å². The van der Waals surface area contributed by atoms with Gasteiger partial charge >= 0.3 is 0 Å². The lowest BCUT2D eigenvalue weighted by Crippen LogP contribution is -2.10. The van der Waals surface area contributed by atoms with Gasteiger partial charge in [-0.1, -0.05) is 12.1 Å². The number of anilines is 1. The third-order valence-corrected chi connectivity index (χ3v) is 2.99. The molecule has 0 radical (unpaired) electrons. The zero-order valence-electron chi connectivity index (χ0n) is 11.1. The van der Waals surface area contributed by atoms with Crippen molar-refractivity contribution in [1.82, 2.24) is 0 Å². The van der Waals surface area contributed by atoms with Crippen molar-refractivity contribution in [2.45, 2.75) is 13.0 Å². The summed E-state index contributed by atoms with van der Waals surface area (Å²) in [7, 11) is 1.46. The van der Waals surface area contributed by atoms with Crippen LogP contribution in [0.15, 0.2) is 36.4 Å². The van der Waals surface area contributed by atoms with Crippen molar-refractivity contribution in [1.29, 1.82) is 0 Å². The van der Waals surface area contributed by atoms with E-state index < -0.39 is 23.5 Å². The van der Waals surface area contributed by atoms with Crippen molar-refractivity contribution in [2.24, 2.45) is 0 Å². The summed E-state index contributed by atoms with van der Waals surface area (Å²) in [6, 6.07) is 7.50. The Labute approximate surface area is 115 Å². The molecular weight excluding hydrogens is 267 g/mol. The first-order valence-electron chi connectivity index (χ1n) is 6.07. The largest absolute Gasteiger partial charge is 0.497 e. The Hall–Kier alpha value is -2.17. The molecule has 0 spiro atoms. The first kappa shape index (κ1) is 14.2. The number of hydrogen-bond donors (Lipinski definition) is 1. The van der Waals surface area contributed by atoms with Gasteiger partial charge < -0.3 is 10.1 Å². The van der Waals surface area contributed by atoms with Gasteiger partial charge in [-0.25, -0.2) is 13.2 Å². The zero-order valence-corrected chi connectivity index (χ0v) is 11.1. The number of rotatable bonds is 4. The number of nitrogens with one attached hydrogen (secondary N) is 1. The average Bonchev–Trinajstić information content (AvgIpc) is 2.44. The second kappa shape index (κ2) is 5.86. The summed E-state index contributed by atoms with van der Waals surface area (Å²) in [5.41, 5.74) is 0.299. The number of benzene rings is 2. The molecule has 2 rings (SSSR count). The van der Waals surface area contributed by atoms with Gasteiger partial charge in [0.25, 0.3) is 0 Å². The van der Waals surface area contributed by atoms with Crippen molar-refractivity contribution < 1.29 is 17.9 Å². The van der Waals surface area contributed by atoms with Gasteiger partial charge in [0, 0.05) is 11.6 Å². The number of ether oxygens (including phenoxy) is 1. The van der Waals surface area contributed by atoms with Gasteiger partial charge in [0.05, 0.1) is 18.8 Å². The summed E-state index contributed by atoms with van der Waals surface area (Å²) in [6.45, 7) is 1.62. The first-order valence-corrected chi connectivity index (χ1v) is 6.07. The van der Waals surface area contributed by atoms with Gasteiger partial charge in [0.15, 0.2) is 11.6 Å². The predicted molar refractivity (Wildman–Crippen MR) is 71.3 cm³/mol. The highest BCUT2D eigenvalue weighted by molar-refractivity contribution is 5.51. The third-order valence-electron chi connectivity index (χ3n) is 2.99. The molecule has 2 aromatic rings. The summed E-state index contributed by atoms with van der Waals surface area (Å²) in [4.78, 5) is 0. The fourth-order valence-corrected chi connectivity index (χ4v) is 1.91. The fraction of sp³-hybridized carbons (Fsp3) is 0.200. The SMILES string of the molecule is COc1ccc(F)c(NC(C)c2cccc(F)c2F)c1. The summed E-state index contributed by atoms with van der Waals surface area (Å²) in [6.07, 6.45) is 0. The second-order valence-electron chi connectivity index (χ2n) is 4.35. The lowest BCUT2D eigenvalue weighted by Gasteiger charge is -2.17. The first-order chi connectivity index (χ1) is 9.52. The van der Waals surface area contributed by atoms with E-state index >= 15 is 0 Å². The highest BCUT2D eigenvalue weighted by Gasteiger charge is 2.15. The zero-order chi connectivity index (χ0) is 14.7. The van der Waals surface area contributed by atoms with Gasteiger partial charge in [-0.2, -0.15) is 0 Å². The van der Waals surface area contributed by atoms with Crippen molar-refractivity contribution >= 4 is 5.69 Å². The van der Waals surface area contributed by atoms with E-state index in [1.807, 2.05) is 0 Å². The summed E-state index contributed by atoms with van der Waals surface area (Å²) in [5, 5.41) is 2.81. The van der Waals surface area contributed by atoms with E-state index in [1.165, 1.54) is 37.4 Å². The molecule has 0 bridgehead atoms. The topological polar surface area (TPSA) is 21.3 Å². The van der Waals surface area contributed by atoms with E-state index in [4.69, 9.17) is 4.74 Å². The summed E-state index contributed by atoms with van der Waals surface area (Å²) < 4.78 is 45.5. The Bertz CT molecular complexity index is 616. The van der Waals surface area contributed by atoms with Gasteiger partial charge in [0.2, 0.25) is 0 Å². The van der Waals surface area contributed by atoms with Crippen LogP contribution in [0.4, 0.5) is 18.9 Å². The van der Waals surface area contributed by atoms with Crippen molar-refractivity contribution in [3.8, 4) is 5.75 Å². The maximum atomic E-state index is 13.7. The van der Waals surface area contributed by atoms with Crippen molar-refractivity contribution in [3.05, 3.63) is 59.4 Å². The second-order valence-corrected chi connectivity index (χ2v) is 4.35. The van der Waals surface area contributed by atoms with Crippen LogP contribution in [0.25, 0.3) is 0 Å². The Morgan fingerprint density at radius 1 is 1.05 bits per heavy atom. The van der Waals surface area contributed by atoms with E-state index in [1.54, 1.807) is 6.92 Å². The maximum absolute atomic E-state index is 13.7. The molecule has 5 heteroatoms. The molecule has 0 fully saturated rings. The standard InChI is InChI=1S/C15H14F3NO/c1-9(11-4-3-5-13(17)15(11)18)19-14-8-10(20-2)6-7-12(14)16/h3-9,19H,1-2H3. The van der Waals surface area contributed by atoms with E-state index in [2.05, 4.69) is 5.32 Å². The van der Waals surface area contributed by atoms with Crippen LogP contribution in [0.5, 0.6) is 5.75 Å². The summed E-state index contributed by atoms with van der Waals surface area (Å²) >= 11 is 0. The third kappa shape index (κ3) is 2.87. The molecule has 106 valence electrons. The molecule has 0 aromatic heterocycles. The molecule has 0 aliphatic carbocycles. The van der Waals surface area contributed by atoms with Crippen LogP contribution in [0.1, 0.15) is 18.5 Å². The van der Waals surface area contributed by atoms with Crippen LogP contribution < -0.4 is 10.1 Å². The Morgan fingerprint density at radius 3 is 2.50 bits per heavy atom. The Balaban J connectivity index is 2.27. The van der Waals surface area contributed by atoms with Gasteiger partial charge in [0.1, 0.15) is 11.6 Å². The van der Waals surface area contributed by atoms with E-state index in [0.717, 1.165) is 6.07 Å². The molecule has 0 amide bonds. The highest BCUT2D eigenvalue weighted by atomic mass is 19.2. The van der Waals surface area contributed by atoms with E-state index in [0.29, 0.717) is 5.75 Å². The minimum absolute atomic E-state index is 0.132. The molecule has 1 atom stereocenters. The highest BCUT2D eigenvalue weighted by Crippen LogP contribution is 2.27. The minimum Gasteiger partial charge on any atom is -0.497 e. The average molecular weight is 281 g/mol. The molecule has 0 heterocycles. The number of hydrogen-bond acceptors (Lipinski definition) is 2. The Kier molecular flexibility index (Phi) is 4.17. The van der Waals surface area contributed by atoms with Crippen LogP contribution >= 0.6 is 0 Å². The predicted octanol–water partition coefficient (Wildman–Crippen LogP) is 4.29. The molecule has 0 aliphatic rings. The summed E-state index contributed by atoms with van der Waals surface area (Å²) in [5.74, 6) is -1.88. The molecule has 2 aromatic carbocycles. The molecule has 0 aliphatic heterocycles. The Morgan fingerprint density at radius 2 is 1.80 bits per heavy atom. The number of halogens is 3. The van der Waals surface area contributed by atoms with Crippen LogP contribution in [0.3, 0.4) is 0 Å². The molecule has 1 unspecified atom stereocenters. The maximum Gasteiger partial charge on any atom is 0.164 e. The molecule has 2 nitrogen and oxygen atoms in total. The normalized spacial score (nSPS) is 12.1. The molecule has 0 saturated carbocycles. The lowest BCUT2D eigenvalue weighted by molar-refractivity contribution is 0.414. The lowest BCUT2D eigenvalue weighted by atomic mass is 10.1. The minimum atomic E-state index is -0.934. The quantitative estimate of drug-likeness (QED) is 0.902. The van der Waals surface area contributed by atoms with Crippen molar-refractivity contribution in [3.63, 3.8) is 0 Å². The van der Waals surface area contributed by atoms with Gasteiger partial charge in [-0.15, -0.1) is 0 Å². The smallest absolute Gasteiger partial charge is 0.164 e. The fourth-order valence-electron chi connectivity index (χ4n) is 1.91. The monoisotopic (exact) mass is 281 g/mol. The van der Waals surface area contributed by atoms with Crippen LogP contribution in [0, 0.1) is 17.5 Å². The van der Waals surface area contributed by atoms with Crippen LogP contribution in [-0.2, 0) is 0 Å². The van der Waals surface area contributed by atoms with Gasteiger partial charge in [-0.05, 0) is 25.1 Å². The van der Waals surface area contributed by atoms with Crippen molar-refractivity contribution in [2.75, 3.05) is 12.4 Å². The molecular formula is C15H14F3NO. The van der Waals surface area contributed by atoms with Crippen LogP contribution in [-0.4, -0.2) is 7.11 Å². The molecule has 0 saturated heterocycles. The van der Waals surface area contributed by atoms with Crippen LogP contribution in [0.2, 0.25) is 0 Å². The van der Waals surface area contributed by atoms with E-state index in [9.17, 15) is 13.2 Å². The number of methoxy groups -OCH3 is 1. The van der Waals surface area contributed by atoms with Gasteiger partial charge in [-0.3, -0.25) is 0 Å².